The van der Waals surface area contributed by atoms with E-state index in [1.54, 1.807) is 5.38 Å². The zero-order valence-corrected chi connectivity index (χ0v) is 10.2. The van der Waals surface area contributed by atoms with Crippen LogP contribution in [-0.2, 0) is 12.8 Å². The van der Waals surface area contributed by atoms with E-state index in [9.17, 15) is 4.79 Å². The van der Waals surface area contributed by atoms with E-state index in [-0.39, 0.29) is 4.88 Å². The van der Waals surface area contributed by atoms with E-state index in [0.717, 1.165) is 41.9 Å². The largest absolute Gasteiger partial charge is 0.477 e. The molecule has 0 aromatic carbocycles. The fourth-order valence-corrected chi connectivity index (χ4v) is 2.66. The van der Waals surface area contributed by atoms with Gasteiger partial charge in [0.05, 0.1) is 5.69 Å². The highest BCUT2D eigenvalue weighted by atomic mass is 32.1. The highest BCUT2D eigenvalue weighted by Gasteiger charge is 2.19. The van der Waals surface area contributed by atoms with Gasteiger partial charge in [-0.3, -0.25) is 0 Å². The molecule has 1 N–H and O–H groups in total. The van der Waals surface area contributed by atoms with Crippen LogP contribution in [0.4, 0.5) is 0 Å². The van der Waals surface area contributed by atoms with Crippen LogP contribution in [0.3, 0.4) is 0 Å². The van der Waals surface area contributed by atoms with Gasteiger partial charge in [0, 0.05) is 17.0 Å². The third kappa shape index (κ3) is 1.95. The van der Waals surface area contributed by atoms with Gasteiger partial charge in [-0.2, -0.15) is 0 Å². The number of carboxylic acids is 1. The van der Waals surface area contributed by atoms with Crippen molar-refractivity contribution in [1.29, 1.82) is 0 Å². The van der Waals surface area contributed by atoms with Crippen molar-refractivity contribution < 1.29 is 14.6 Å². The Morgan fingerprint density at radius 2 is 2.28 bits per heavy atom. The van der Waals surface area contributed by atoms with Crippen molar-refractivity contribution in [2.45, 2.75) is 19.3 Å². The number of rotatable bonds is 3. The van der Waals surface area contributed by atoms with Crippen LogP contribution in [0.25, 0.3) is 0 Å². The van der Waals surface area contributed by atoms with E-state index >= 15 is 0 Å². The molecule has 18 heavy (non-hydrogen) atoms. The number of aromatic carboxylic acids is 1. The first-order valence-corrected chi connectivity index (χ1v) is 6.44. The van der Waals surface area contributed by atoms with Crippen molar-refractivity contribution in [2.24, 2.45) is 0 Å². The molecular formula is C12H10N2O3S. The number of aromatic nitrogens is 2. The van der Waals surface area contributed by atoms with Gasteiger partial charge in [-0.25, -0.2) is 14.8 Å². The van der Waals surface area contributed by atoms with Crippen molar-refractivity contribution >= 4 is 17.3 Å². The van der Waals surface area contributed by atoms with Crippen LogP contribution >= 0.6 is 11.3 Å². The predicted molar refractivity (Wildman–Crippen MR) is 65.4 cm³/mol. The Morgan fingerprint density at radius 1 is 1.39 bits per heavy atom. The molecule has 6 heteroatoms. The predicted octanol–water partition coefficient (Wildman–Crippen LogP) is 2.52. The van der Waals surface area contributed by atoms with Crippen LogP contribution in [0.1, 0.15) is 27.3 Å². The number of carboxylic acid groups (broad SMARTS) is 1. The summed E-state index contributed by atoms with van der Waals surface area (Å²) >= 11 is 1.14. The van der Waals surface area contributed by atoms with Gasteiger partial charge in [0.1, 0.15) is 17.0 Å². The first-order valence-electron chi connectivity index (χ1n) is 5.56. The molecule has 3 rings (SSSR count). The minimum Gasteiger partial charge on any atom is -0.477 e. The normalized spacial score (nSPS) is 13.3. The Hall–Kier alpha value is -1.95. The number of thiophene rings is 1. The summed E-state index contributed by atoms with van der Waals surface area (Å²) in [5, 5.41) is 10.5. The van der Waals surface area contributed by atoms with E-state index in [4.69, 9.17) is 9.84 Å². The van der Waals surface area contributed by atoms with Crippen LogP contribution in [0, 0.1) is 0 Å². The number of nitrogens with zero attached hydrogens (tertiary/aromatic N) is 2. The standard InChI is InChI=1S/C12H10N2O3S/c15-12(16)10-4-7(5-18-10)17-11-8-2-1-3-9(8)13-6-14-11/h4-6H,1-3H2,(H,15,16). The highest BCUT2D eigenvalue weighted by Crippen LogP contribution is 2.32. The number of hydrogen-bond donors (Lipinski definition) is 1. The van der Waals surface area contributed by atoms with Gasteiger partial charge in [-0.15, -0.1) is 11.3 Å². The van der Waals surface area contributed by atoms with Crippen LogP contribution < -0.4 is 4.74 Å². The van der Waals surface area contributed by atoms with E-state index in [1.807, 2.05) is 0 Å². The molecular weight excluding hydrogens is 252 g/mol. The Morgan fingerprint density at radius 3 is 3.06 bits per heavy atom. The smallest absolute Gasteiger partial charge is 0.346 e. The lowest BCUT2D eigenvalue weighted by molar-refractivity contribution is 0.0702. The maximum atomic E-state index is 10.8. The average molecular weight is 262 g/mol. The zero-order valence-electron chi connectivity index (χ0n) is 9.42. The number of aryl methyl sites for hydroxylation is 1. The molecule has 0 unspecified atom stereocenters. The lowest BCUT2D eigenvalue weighted by Gasteiger charge is -2.06. The molecule has 0 spiro atoms. The molecule has 0 aliphatic heterocycles. The second kappa shape index (κ2) is 4.38. The van der Waals surface area contributed by atoms with E-state index in [0.29, 0.717) is 11.6 Å². The van der Waals surface area contributed by atoms with Gasteiger partial charge in [0.25, 0.3) is 0 Å². The van der Waals surface area contributed by atoms with Gasteiger partial charge in [0.15, 0.2) is 0 Å². The van der Waals surface area contributed by atoms with Gasteiger partial charge < -0.3 is 9.84 Å². The average Bonchev–Trinajstić information content (AvgIpc) is 2.97. The molecule has 1 aliphatic carbocycles. The topological polar surface area (TPSA) is 72.3 Å². The summed E-state index contributed by atoms with van der Waals surface area (Å²) in [4.78, 5) is 19.4. The fourth-order valence-electron chi connectivity index (χ4n) is 2.01. The summed E-state index contributed by atoms with van der Waals surface area (Å²) in [7, 11) is 0. The van der Waals surface area contributed by atoms with Gasteiger partial charge in [-0.05, 0) is 19.3 Å². The van der Waals surface area contributed by atoms with E-state index in [2.05, 4.69) is 9.97 Å². The molecule has 0 saturated carbocycles. The lowest BCUT2D eigenvalue weighted by atomic mass is 10.2. The molecule has 0 radical (unpaired) electrons. The Kier molecular flexibility index (Phi) is 2.71. The second-order valence-electron chi connectivity index (χ2n) is 4.01. The van der Waals surface area contributed by atoms with Crippen molar-refractivity contribution in [2.75, 3.05) is 0 Å². The number of hydrogen-bond acceptors (Lipinski definition) is 5. The van der Waals surface area contributed by atoms with Crippen LogP contribution in [0.2, 0.25) is 0 Å². The molecule has 0 bridgehead atoms. The molecule has 1 aliphatic rings. The molecule has 5 nitrogen and oxygen atoms in total. The van der Waals surface area contributed by atoms with Crippen molar-refractivity contribution in [3.05, 3.63) is 33.9 Å². The van der Waals surface area contributed by atoms with Crippen molar-refractivity contribution in [3.8, 4) is 11.6 Å². The summed E-state index contributed by atoms with van der Waals surface area (Å²) in [5.74, 6) is 0.125. The third-order valence-corrected chi connectivity index (χ3v) is 3.73. The maximum Gasteiger partial charge on any atom is 0.346 e. The molecule has 0 fully saturated rings. The molecule has 0 saturated heterocycles. The summed E-state index contributed by atoms with van der Waals surface area (Å²) in [5.41, 5.74) is 2.08. The molecule has 0 atom stereocenters. The van der Waals surface area contributed by atoms with Crippen LogP contribution in [0.15, 0.2) is 17.8 Å². The molecule has 2 heterocycles. The monoisotopic (exact) mass is 262 g/mol. The third-order valence-electron chi connectivity index (χ3n) is 2.84. The van der Waals surface area contributed by atoms with Crippen LogP contribution in [0.5, 0.6) is 11.6 Å². The molecule has 2 aromatic heterocycles. The summed E-state index contributed by atoms with van der Waals surface area (Å²) in [6.45, 7) is 0. The summed E-state index contributed by atoms with van der Waals surface area (Å²) in [6.07, 6.45) is 4.43. The highest BCUT2D eigenvalue weighted by molar-refractivity contribution is 7.12. The minimum atomic E-state index is -0.942. The molecule has 0 amide bonds. The first-order chi connectivity index (χ1) is 8.74. The van der Waals surface area contributed by atoms with Crippen LogP contribution in [-0.4, -0.2) is 21.0 Å². The van der Waals surface area contributed by atoms with Gasteiger partial charge in [0.2, 0.25) is 5.88 Å². The number of carbonyl (C=O) groups is 1. The Bertz CT molecular complexity index is 609. The Balaban J connectivity index is 1.88. The van der Waals surface area contributed by atoms with E-state index in [1.165, 1.54) is 12.4 Å². The SMILES string of the molecule is O=C(O)c1cc(Oc2ncnc3c2CCC3)cs1. The fraction of sp³-hybridized carbons (Fsp3) is 0.250. The van der Waals surface area contributed by atoms with E-state index < -0.39 is 5.97 Å². The minimum absolute atomic E-state index is 0.260. The quantitative estimate of drug-likeness (QED) is 0.920. The number of ether oxygens (including phenoxy) is 1. The molecule has 92 valence electrons. The van der Waals surface area contributed by atoms with Gasteiger partial charge in [-0.1, -0.05) is 0 Å². The summed E-state index contributed by atoms with van der Waals surface area (Å²) in [6, 6.07) is 1.51. The molecule has 2 aromatic rings. The maximum absolute atomic E-state index is 10.8. The van der Waals surface area contributed by atoms with Crippen molar-refractivity contribution in [1.82, 2.24) is 9.97 Å². The second-order valence-corrected chi connectivity index (χ2v) is 4.92. The first kappa shape index (κ1) is 11.2. The lowest BCUT2D eigenvalue weighted by Crippen LogP contribution is -1.96. The van der Waals surface area contributed by atoms with Gasteiger partial charge >= 0.3 is 5.97 Å². The van der Waals surface area contributed by atoms with Crippen molar-refractivity contribution in [3.63, 3.8) is 0 Å². The summed E-state index contributed by atoms with van der Waals surface area (Å²) < 4.78 is 5.65. The number of fused-ring (bicyclic) bond motifs is 1. The Labute approximate surface area is 107 Å². The zero-order chi connectivity index (χ0) is 12.5.